The average Bonchev–Trinajstić information content (AvgIpc) is 3.23. The number of nitrogens with one attached hydrogen (secondary N) is 1. The van der Waals surface area contributed by atoms with E-state index >= 15 is 0 Å². The van der Waals surface area contributed by atoms with E-state index in [2.05, 4.69) is 26.2 Å². The summed E-state index contributed by atoms with van der Waals surface area (Å²) in [6.45, 7) is 1.60. The number of oxazole rings is 1. The van der Waals surface area contributed by atoms with Gasteiger partial charge in [-0.2, -0.15) is 0 Å². The van der Waals surface area contributed by atoms with Crippen LogP contribution in [0.5, 0.6) is 11.5 Å². The lowest BCUT2D eigenvalue weighted by atomic mass is 10.2. The van der Waals surface area contributed by atoms with Gasteiger partial charge in [-0.25, -0.2) is 9.78 Å². The second kappa shape index (κ2) is 10.2. The van der Waals surface area contributed by atoms with Crippen molar-refractivity contribution >= 4 is 33.9 Å². The first kappa shape index (κ1) is 23.0. The first-order valence-electron chi connectivity index (χ1n) is 10.2. The summed E-state index contributed by atoms with van der Waals surface area (Å²) in [5.41, 5.74) is 0.999. The summed E-state index contributed by atoms with van der Waals surface area (Å²) >= 11 is 3.43. The van der Waals surface area contributed by atoms with Gasteiger partial charge < -0.3 is 19.6 Å². The highest BCUT2D eigenvalue weighted by molar-refractivity contribution is 9.10. The molecule has 0 unspecified atom stereocenters. The van der Waals surface area contributed by atoms with E-state index in [1.165, 1.54) is 6.08 Å². The van der Waals surface area contributed by atoms with E-state index in [4.69, 9.17) is 9.15 Å². The van der Waals surface area contributed by atoms with Crippen molar-refractivity contribution in [2.45, 2.75) is 6.92 Å². The smallest absolute Gasteiger partial charge is 0.352 e. The third kappa shape index (κ3) is 5.41. The minimum Gasteiger partial charge on any atom is -0.477 e. The molecule has 0 aliphatic rings. The molecule has 0 fully saturated rings. The van der Waals surface area contributed by atoms with E-state index in [-0.39, 0.29) is 23.0 Å². The summed E-state index contributed by atoms with van der Waals surface area (Å²) in [5, 5.41) is 12.0. The molecule has 0 saturated carbocycles. The Labute approximate surface area is 203 Å². The fourth-order valence-electron chi connectivity index (χ4n) is 3.10. The lowest BCUT2D eigenvalue weighted by Crippen LogP contribution is -2.28. The number of aryl methyl sites for hydroxylation is 1. The van der Waals surface area contributed by atoms with Gasteiger partial charge in [0.05, 0.1) is 4.47 Å². The Hall–Kier alpha value is -4.17. The number of hydrogen-bond acceptors (Lipinski definition) is 5. The van der Waals surface area contributed by atoms with Crippen molar-refractivity contribution in [2.24, 2.45) is 0 Å². The molecule has 0 atom stereocenters. The van der Waals surface area contributed by atoms with Crippen molar-refractivity contribution in [3.63, 3.8) is 0 Å². The number of nitrogens with zero attached hydrogens (tertiary/aromatic N) is 1. The van der Waals surface area contributed by atoms with Crippen LogP contribution in [0.25, 0.3) is 17.5 Å². The Balaban J connectivity index is 1.51. The standard InChI is InChI=1S/C26H19BrN2O5/c1-16-23(29-25(33-16)18-7-3-2-4-8-18)24(30)28-21(26(31)32)15-17-11-13-19(14-12-17)34-22-10-6-5-9-20(22)27/h2-15H,1H3,(H,28,30)(H,31,32)/b21-15-. The molecule has 8 heteroatoms. The maximum Gasteiger partial charge on any atom is 0.352 e. The highest BCUT2D eigenvalue weighted by atomic mass is 79.9. The Morgan fingerprint density at radius 3 is 2.35 bits per heavy atom. The monoisotopic (exact) mass is 518 g/mol. The molecule has 0 saturated heterocycles. The van der Waals surface area contributed by atoms with Crippen molar-refractivity contribution in [1.82, 2.24) is 10.3 Å². The van der Waals surface area contributed by atoms with Crippen molar-refractivity contribution in [2.75, 3.05) is 0 Å². The number of carboxylic acids is 1. The summed E-state index contributed by atoms with van der Waals surface area (Å²) in [6, 6.07) is 23.4. The van der Waals surface area contributed by atoms with E-state index < -0.39 is 11.9 Å². The van der Waals surface area contributed by atoms with Crippen LogP contribution in [-0.2, 0) is 4.79 Å². The number of benzene rings is 3. The average molecular weight is 519 g/mol. The summed E-state index contributed by atoms with van der Waals surface area (Å²) < 4.78 is 12.2. The van der Waals surface area contributed by atoms with Gasteiger partial charge in [0.1, 0.15) is 23.0 Å². The largest absolute Gasteiger partial charge is 0.477 e. The topological polar surface area (TPSA) is 102 Å². The number of amides is 1. The zero-order chi connectivity index (χ0) is 24.1. The zero-order valence-electron chi connectivity index (χ0n) is 18.0. The summed E-state index contributed by atoms with van der Waals surface area (Å²) in [5.74, 6) is -0.157. The molecule has 3 aromatic carbocycles. The number of carbonyl (C=O) groups is 2. The van der Waals surface area contributed by atoms with Crippen LogP contribution in [-0.4, -0.2) is 22.0 Å². The molecule has 4 aromatic rings. The maximum atomic E-state index is 12.7. The van der Waals surface area contributed by atoms with Crippen molar-refractivity contribution < 1.29 is 23.8 Å². The first-order chi connectivity index (χ1) is 16.4. The Kier molecular flexibility index (Phi) is 6.89. The first-order valence-corrected chi connectivity index (χ1v) is 11.0. The van der Waals surface area contributed by atoms with Gasteiger partial charge in [0, 0.05) is 5.56 Å². The molecule has 1 heterocycles. The fourth-order valence-corrected chi connectivity index (χ4v) is 3.46. The van der Waals surface area contributed by atoms with E-state index in [1.54, 1.807) is 43.3 Å². The Morgan fingerprint density at radius 2 is 1.68 bits per heavy atom. The molecule has 2 N–H and O–H groups in total. The van der Waals surface area contributed by atoms with Gasteiger partial charge in [0.25, 0.3) is 5.91 Å². The normalized spacial score (nSPS) is 11.2. The second-order valence-electron chi connectivity index (χ2n) is 7.21. The van der Waals surface area contributed by atoms with Crippen LogP contribution < -0.4 is 10.1 Å². The quantitative estimate of drug-likeness (QED) is 0.288. The maximum absolute atomic E-state index is 12.7. The van der Waals surface area contributed by atoms with Gasteiger partial charge in [0.2, 0.25) is 5.89 Å². The molecule has 4 rings (SSSR count). The van der Waals surface area contributed by atoms with E-state index in [1.807, 2.05) is 42.5 Å². The van der Waals surface area contributed by atoms with Gasteiger partial charge in [-0.3, -0.25) is 4.79 Å². The van der Waals surface area contributed by atoms with Crippen LogP contribution in [0.4, 0.5) is 0 Å². The molecule has 0 aliphatic carbocycles. The third-order valence-corrected chi connectivity index (χ3v) is 5.42. The van der Waals surface area contributed by atoms with Crippen LogP contribution in [0.1, 0.15) is 21.8 Å². The predicted octanol–water partition coefficient (Wildman–Crippen LogP) is 6.06. The van der Waals surface area contributed by atoms with Gasteiger partial charge in [-0.15, -0.1) is 0 Å². The number of aliphatic carboxylic acids is 1. The molecule has 34 heavy (non-hydrogen) atoms. The second-order valence-corrected chi connectivity index (χ2v) is 8.06. The lowest BCUT2D eigenvalue weighted by Gasteiger charge is -2.08. The molecule has 1 aromatic heterocycles. The highest BCUT2D eigenvalue weighted by Crippen LogP contribution is 2.29. The van der Waals surface area contributed by atoms with Gasteiger partial charge in [-0.05, 0) is 70.9 Å². The molecule has 0 radical (unpaired) electrons. The predicted molar refractivity (Wildman–Crippen MR) is 130 cm³/mol. The van der Waals surface area contributed by atoms with Crippen LogP contribution >= 0.6 is 15.9 Å². The van der Waals surface area contributed by atoms with Crippen LogP contribution in [0.3, 0.4) is 0 Å². The molecule has 0 aliphatic heterocycles. The summed E-state index contributed by atoms with van der Waals surface area (Å²) in [4.78, 5) is 28.8. The number of carbonyl (C=O) groups excluding carboxylic acids is 1. The van der Waals surface area contributed by atoms with Gasteiger partial charge in [0.15, 0.2) is 5.69 Å². The highest BCUT2D eigenvalue weighted by Gasteiger charge is 2.21. The Bertz CT molecular complexity index is 1360. The summed E-state index contributed by atoms with van der Waals surface area (Å²) in [6.07, 6.45) is 1.36. The van der Waals surface area contributed by atoms with Gasteiger partial charge in [-0.1, -0.05) is 42.5 Å². The SMILES string of the molecule is Cc1oc(-c2ccccc2)nc1C(=O)N/C(=C\c1ccc(Oc2ccccc2Br)cc1)C(=O)O. The van der Waals surface area contributed by atoms with E-state index in [9.17, 15) is 14.7 Å². The minimum absolute atomic E-state index is 0.0168. The van der Waals surface area contributed by atoms with E-state index in [0.29, 0.717) is 22.6 Å². The van der Waals surface area contributed by atoms with Crippen molar-refractivity contribution in [3.8, 4) is 23.0 Å². The molecular formula is C26H19BrN2O5. The number of halogens is 1. The number of para-hydroxylation sites is 1. The van der Waals surface area contributed by atoms with E-state index in [0.717, 1.165) is 4.47 Å². The third-order valence-electron chi connectivity index (χ3n) is 4.77. The van der Waals surface area contributed by atoms with Crippen molar-refractivity contribution in [1.29, 1.82) is 0 Å². The number of carboxylic acid groups (broad SMARTS) is 1. The van der Waals surface area contributed by atoms with Crippen molar-refractivity contribution in [3.05, 3.63) is 106 Å². The van der Waals surface area contributed by atoms with Crippen LogP contribution in [0.15, 0.2) is 93.4 Å². The molecule has 0 spiro atoms. The van der Waals surface area contributed by atoms with Crippen LogP contribution in [0.2, 0.25) is 0 Å². The molecule has 0 bridgehead atoms. The molecular weight excluding hydrogens is 500 g/mol. The number of ether oxygens (including phenoxy) is 1. The lowest BCUT2D eigenvalue weighted by molar-refractivity contribution is -0.132. The zero-order valence-corrected chi connectivity index (χ0v) is 19.6. The molecule has 170 valence electrons. The fraction of sp³-hybridized carbons (Fsp3) is 0.0385. The number of aromatic nitrogens is 1. The Morgan fingerprint density at radius 1 is 1.00 bits per heavy atom. The van der Waals surface area contributed by atoms with Crippen LogP contribution in [0, 0.1) is 6.92 Å². The number of hydrogen-bond donors (Lipinski definition) is 2. The number of rotatable bonds is 7. The molecule has 7 nitrogen and oxygen atoms in total. The molecule has 1 amide bonds. The minimum atomic E-state index is -1.29. The summed E-state index contributed by atoms with van der Waals surface area (Å²) in [7, 11) is 0. The van der Waals surface area contributed by atoms with Gasteiger partial charge >= 0.3 is 5.97 Å².